The van der Waals surface area contributed by atoms with Crippen LogP contribution in [0.15, 0.2) is 36.5 Å². The van der Waals surface area contributed by atoms with Gasteiger partial charge in [-0.05, 0) is 35.9 Å². The van der Waals surface area contributed by atoms with E-state index in [2.05, 4.69) is 16.0 Å². The summed E-state index contributed by atoms with van der Waals surface area (Å²) in [6.07, 6.45) is 1.52. The van der Waals surface area contributed by atoms with Crippen LogP contribution in [0.3, 0.4) is 0 Å². The van der Waals surface area contributed by atoms with Crippen LogP contribution in [-0.4, -0.2) is 14.5 Å². The first-order valence-corrected chi connectivity index (χ1v) is 6.50. The zero-order valence-electron chi connectivity index (χ0n) is 10.8. The first-order valence-electron chi connectivity index (χ1n) is 6.13. The Bertz CT molecular complexity index is 897. The predicted molar refractivity (Wildman–Crippen MR) is 77.5 cm³/mol. The van der Waals surface area contributed by atoms with E-state index in [0.29, 0.717) is 28.5 Å². The maximum atomic E-state index is 9.10. The van der Waals surface area contributed by atoms with Crippen molar-refractivity contribution in [2.24, 2.45) is 0 Å². The molecule has 2 heterocycles. The molecule has 0 spiro atoms. The van der Waals surface area contributed by atoms with Crippen LogP contribution in [0, 0.1) is 22.7 Å². The number of imidazole rings is 1. The average molecular weight is 294 g/mol. The molecule has 0 amide bonds. The van der Waals surface area contributed by atoms with Crippen LogP contribution in [-0.2, 0) is 6.54 Å². The van der Waals surface area contributed by atoms with E-state index in [1.807, 2.05) is 12.1 Å². The van der Waals surface area contributed by atoms with Gasteiger partial charge in [0.15, 0.2) is 0 Å². The third-order valence-corrected chi connectivity index (χ3v) is 3.42. The SMILES string of the molecule is N#Cc1ccc(Cn2c(Cl)nc3c(C#N)cccc32)nc1. The fraction of sp³-hybridized carbons (Fsp3) is 0.0667. The van der Waals surface area contributed by atoms with Gasteiger partial charge in [-0.2, -0.15) is 10.5 Å². The van der Waals surface area contributed by atoms with E-state index in [1.54, 1.807) is 28.8 Å². The molecule has 0 aliphatic carbocycles. The first kappa shape index (κ1) is 13.1. The van der Waals surface area contributed by atoms with Crippen molar-refractivity contribution < 1.29 is 0 Å². The molecule has 2 aromatic heterocycles. The topological polar surface area (TPSA) is 78.3 Å². The van der Waals surface area contributed by atoms with Crippen LogP contribution < -0.4 is 0 Å². The lowest BCUT2D eigenvalue weighted by molar-refractivity contribution is 0.798. The van der Waals surface area contributed by atoms with E-state index in [0.717, 1.165) is 11.2 Å². The third-order valence-electron chi connectivity index (χ3n) is 3.13. The van der Waals surface area contributed by atoms with Crippen molar-refractivity contribution in [3.63, 3.8) is 0 Å². The number of nitrogens with zero attached hydrogens (tertiary/aromatic N) is 5. The van der Waals surface area contributed by atoms with Gasteiger partial charge in [0, 0.05) is 6.20 Å². The molecule has 5 nitrogen and oxygen atoms in total. The lowest BCUT2D eigenvalue weighted by Crippen LogP contribution is -2.02. The van der Waals surface area contributed by atoms with Gasteiger partial charge >= 0.3 is 0 Å². The molecule has 0 saturated carbocycles. The van der Waals surface area contributed by atoms with E-state index in [4.69, 9.17) is 22.1 Å². The van der Waals surface area contributed by atoms with E-state index >= 15 is 0 Å². The van der Waals surface area contributed by atoms with Crippen LogP contribution in [0.1, 0.15) is 16.8 Å². The van der Waals surface area contributed by atoms with Gasteiger partial charge in [0.05, 0.1) is 28.9 Å². The minimum Gasteiger partial charge on any atom is -0.309 e. The highest BCUT2D eigenvalue weighted by atomic mass is 35.5. The zero-order valence-corrected chi connectivity index (χ0v) is 11.5. The number of rotatable bonds is 2. The number of benzene rings is 1. The van der Waals surface area contributed by atoms with Gasteiger partial charge in [0.1, 0.15) is 17.7 Å². The van der Waals surface area contributed by atoms with Gasteiger partial charge < -0.3 is 4.57 Å². The molecule has 0 N–H and O–H groups in total. The number of nitriles is 2. The van der Waals surface area contributed by atoms with Crippen molar-refractivity contribution in [3.05, 3.63) is 58.6 Å². The normalized spacial score (nSPS) is 10.2. The Hall–Kier alpha value is -2.89. The molecule has 0 bridgehead atoms. The highest BCUT2D eigenvalue weighted by Gasteiger charge is 2.12. The van der Waals surface area contributed by atoms with Gasteiger partial charge in [-0.1, -0.05) is 6.07 Å². The molecule has 0 aliphatic rings. The van der Waals surface area contributed by atoms with Crippen LogP contribution in [0.2, 0.25) is 5.28 Å². The van der Waals surface area contributed by atoms with Crippen molar-refractivity contribution in [2.75, 3.05) is 0 Å². The van der Waals surface area contributed by atoms with Crippen molar-refractivity contribution in [2.45, 2.75) is 6.54 Å². The molecular weight excluding hydrogens is 286 g/mol. The minimum atomic E-state index is 0.304. The summed E-state index contributed by atoms with van der Waals surface area (Å²) in [6, 6.07) is 13.0. The van der Waals surface area contributed by atoms with E-state index in [1.165, 1.54) is 6.20 Å². The molecule has 3 aromatic rings. The van der Waals surface area contributed by atoms with Gasteiger partial charge in [-0.15, -0.1) is 0 Å². The molecule has 100 valence electrons. The van der Waals surface area contributed by atoms with E-state index < -0.39 is 0 Å². The third kappa shape index (κ3) is 2.31. The van der Waals surface area contributed by atoms with Gasteiger partial charge in [-0.3, -0.25) is 4.98 Å². The molecule has 0 saturated heterocycles. The molecule has 1 aromatic carbocycles. The maximum Gasteiger partial charge on any atom is 0.204 e. The highest BCUT2D eigenvalue weighted by Crippen LogP contribution is 2.23. The first-order chi connectivity index (χ1) is 10.2. The second-order valence-electron chi connectivity index (χ2n) is 4.40. The molecular formula is C15H8ClN5. The molecule has 6 heteroatoms. The Morgan fingerprint density at radius 3 is 2.67 bits per heavy atom. The lowest BCUT2D eigenvalue weighted by Gasteiger charge is -2.05. The number of pyridine rings is 1. The fourth-order valence-electron chi connectivity index (χ4n) is 2.11. The Morgan fingerprint density at radius 1 is 1.14 bits per heavy atom. The van der Waals surface area contributed by atoms with Crippen LogP contribution >= 0.6 is 11.6 Å². The van der Waals surface area contributed by atoms with Crippen molar-refractivity contribution in [1.29, 1.82) is 10.5 Å². The van der Waals surface area contributed by atoms with E-state index in [9.17, 15) is 0 Å². The summed E-state index contributed by atoms with van der Waals surface area (Å²) in [5.74, 6) is 0. The quantitative estimate of drug-likeness (QED) is 0.728. The second-order valence-corrected chi connectivity index (χ2v) is 4.74. The van der Waals surface area contributed by atoms with Crippen LogP contribution in [0.4, 0.5) is 0 Å². The molecule has 0 atom stereocenters. The lowest BCUT2D eigenvalue weighted by atomic mass is 10.2. The van der Waals surface area contributed by atoms with Crippen molar-refractivity contribution in [3.8, 4) is 12.1 Å². The monoisotopic (exact) mass is 293 g/mol. The fourth-order valence-corrected chi connectivity index (χ4v) is 2.34. The molecule has 0 radical (unpaired) electrons. The standard InChI is InChI=1S/C15H8ClN5/c16-15-20-14-11(7-18)2-1-3-13(14)21(15)9-12-5-4-10(6-17)8-19-12/h1-5,8H,9H2. The summed E-state index contributed by atoms with van der Waals surface area (Å²) in [4.78, 5) is 8.46. The van der Waals surface area contributed by atoms with Crippen LogP contribution in [0.25, 0.3) is 11.0 Å². The second kappa shape index (κ2) is 5.24. The average Bonchev–Trinajstić information content (AvgIpc) is 2.84. The highest BCUT2D eigenvalue weighted by molar-refractivity contribution is 6.29. The summed E-state index contributed by atoms with van der Waals surface area (Å²) in [6.45, 7) is 0.427. The number of halogens is 1. The van der Waals surface area contributed by atoms with Crippen molar-refractivity contribution in [1.82, 2.24) is 14.5 Å². The number of para-hydroxylation sites is 1. The Kier molecular flexibility index (Phi) is 3.27. The number of hydrogen-bond acceptors (Lipinski definition) is 4. The predicted octanol–water partition coefficient (Wildman–Crippen LogP) is 2.88. The molecule has 0 unspecified atom stereocenters. The molecule has 3 rings (SSSR count). The van der Waals surface area contributed by atoms with Gasteiger partial charge in [0.2, 0.25) is 5.28 Å². The van der Waals surface area contributed by atoms with Gasteiger partial charge in [-0.25, -0.2) is 4.98 Å². The summed E-state index contributed by atoms with van der Waals surface area (Å²) in [7, 11) is 0. The number of hydrogen-bond donors (Lipinski definition) is 0. The largest absolute Gasteiger partial charge is 0.309 e. The zero-order chi connectivity index (χ0) is 14.8. The maximum absolute atomic E-state index is 9.10. The summed E-state index contributed by atoms with van der Waals surface area (Å²) < 4.78 is 1.78. The summed E-state index contributed by atoms with van der Waals surface area (Å²) in [5.41, 5.74) is 3.12. The summed E-state index contributed by atoms with van der Waals surface area (Å²) >= 11 is 6.17. The Morgan fingerprint density at radius 2 is 2.00 bits per heavy atom. The van der Waals surface area contributed by atoms with Crippen LogP contribution in [0.5, 0.6) is 0 Å². The molecule has 21 heavy (non-hydrogen) atoms. The summed E-state index contributed by atoms with van der Waals surface area (Å²) in [5, 5.41) is 18.2. The molecule has 0 aliphatic heterocycles. The molecule has 0 fully saturated rings. The van der Waals surface area contributed by atoms with Gasteiger partial charge in [0.25, 0.3) is 0 Å². The number of aromatic nitrogens is 3. The van der Waals surface area contributed by atoms with E-state index in [-0.39, 0.29) is 0 Å². The number of fused-ring (bicyclic) bond motifs is 1. The smallest absolute Gasteiger partial charge is 0.204 e. The Balaban J connectivity index is 2.06. The Labute approximate surface area is 125 Å². The van der Waals surface area contributed by atoms with Crippen molar-refractivity contribution >= 4 is 22.6 Å². The minimum absolute atomic E-state index is 0.304.